The molecule has 0 aliphatic heterocycles. The maximum atomic E-state index is 12.3. The van der Waals surface area contributed by atoms with E-state index in [-0.39, 0.29) is 16.3 Å². The molecule has 1 heterocycles. The molecule has 114 valence electrons. The third kappa shape index (κ3) is 3.12. The second-order valence-electron chi connectivity index (χ2n) is 4.79. The number of benzene rings is 2. The van der Waals surface area contributed by atoms with Crippen molar-refractivity contribution in [2.24, 2.45) is 0 Å². The molecule has 0 bridgehead atoms. The lowest BCUT2D eigenvalue weighted by molar-refractivity contribution is -0.385. The largest absolute Gasteiger partial charge is 0.320 e. The Hall–Kier alpha value is -2.99. The second kappa shape index (κ2) is 6.02. The Balaban J connectivity index is 1.94. The van der Waals surface area contributed by atoms with Crippen LogP contribution in [-0.4, -0.2) is 15.8 Å². The smallest absolute Gasteiger partial charge is 0.282 e. The van der Waals surface area contributed by atoms with Gasteiger partial charge in [0.05, 0.1) is 22.3 Å². The fourth-order valence-electron chi connectivity index (χ4n) is 2.19. The van der Waals surface area contributed by atoms with E-state index in [1.807, 2.05) is 24.3 Å². The number of rotatable bonds is 3. The molecule has 0 atom stereocenters. The van der Waals surface area contributed by atoms with Crippen LogP contribution in [0.4, 0.5) is 11.4 Å². The number of para-hydroxylation sites is 1. The number of carbonyl (C=O) groups excluding carboxylic acids is 1. The number of carbonyl (C=O) groups is 1. The van der Waals surface area contributed by atoms with Gasteiger partial charge in [0.15, 0.2) is 0 Å². The zero-order valence-corrected chi connectivity index (χ0v) is 12.4. The molecule has 1 N–H and O–H groups in total. The van der Waals surface area contributed by atoms with Crippen LogP contribution in [0.1, 0.15) is 10.4 Å². The molecule has 1 amide bonds. The van der Waals surface area contributed by atoms with Gasteiger partial charge in [0.25, 0.3) is 11.6 Å². The Morgan fingerprint density at radius 2 is 1.96 bits per heavy atom. The van der Waals surface area contributed by atoms with Crippen LogP contribution in [0.15, 0.2) is 54.7 Å². The molecule has 0 aliphatic carbocycles. The lowest BCUT2D eigenvalue weighted by Crippen LogP contribution is -2.14. The maximum Gasteiger partial charge on any atom is 0.282 e. The highest BCUT2D eigenvalue weighted by atomic mass is 35.5. The van der Waals surface area contributed by atoms with Gasteiger partial charge >= 0.3 is 0 Å². The Kier molecular flexibility index (Phi) is 3.91. The molecule has 1 aromatic heterocycles. The van der Waals surface area contributed by atoms with E-state index in [9.17, 15) is 14.9 Å². The third-order valence-corrected chi connectivity index (χ3v) is 3.48. The predicted octanol–water partition coefficient (Wildman–Crippen LogP) is 4.05. The Morgan fingerprint density at radius 1 is 1.17 bits per heavy atom. The molecule has 0 radical (unpaired) electrons. The number of hydrogen-bond donors (Lipinski definition) is 1. The lowest BCUT2D eigenvalue weighted by atomic mass is 10.1. The first kappa shape index (κ1) is 14.9. The maximum absolute atomic E-state index is 12.3. The summed E-state index contributed by atoms with van der Waals surface area (Å²) in [5.41, 5.74) is 0.832. The number of fused-ring (bicyclic) bond motifs is 1. The molecule has 3 rings (SSSR count). The number of nitrogens with zero attached hydrogens (tertiary/aromatic N) is 2. The summed E-state index contributed by atoms with van der Waals surface area (Å²) in [7, 11) is 0. The standard InChI is InChI=1S/C16H10ClN3O3/c17-11-5-6-15(20(22)23)13(8-11)16(21)19-12-7-10-3-1-2-4-14(10)18-9-12/h1-9H,(H,19,21). The molecule has 6 nitrogen and oxygen atoms in total. The number of nitro benzene ring substituents is 1. The van der Waals surface area contributed by atoms with Gasteiger partial charge in [-0.15, -0.1) is 0 Å². The molecule has 23 heavy (non-hydrogen) atoms. The number of amides is 1. The predicted molar refractivity (Wildman–Crippen MR) is 87.8 cm³/mol. The Labute approximate surface area is 135 Å². The second-order valence-corrected chi connectivity index (χ2v) is 5.23. The summed E-state index contributed by atoms with van der Waals surface area (Å²) >= 11 is 5.83. The third-order valence-electron chi connectivity index (χ3n) is 3.25. The van der Waals surface area contributed by atoms with Gasteiger partial charge in [-0.1, -0.05) is 29.8 Å². The summed E-state index contributed by atoms with van der Waals surface area (Å²) in [6, 6.07) is 13.0. The van der Waals surface area contributed by atoms with Gasteiger partial charge in [0.2, 0.25) is 0 Å². The number of pyridine rings is 1. The van der Waals surface area contributed by atoms with Gasteiger partial charge in [-0.3, -0.25) is 19.9 Å². The minimum Gasteiger partial charge on any atom is -0.320 e. The van der Waals surface area contributed by atoms with Crippen LogP contribution in [0.2, 0.25) is 5.02 Å². The van der Waals surface area contributed by atoms with E-state index in [0.29, 0.717) is 5.69 Å². The first-order valence-corrected chi connectivity index (χ1v) is 7.02. The normalized spacial score (nSPS) is 10.5. The molecule has 3 aromatic rings. The zero-order valence-electron chi connectivity index (χ0n) is 11.7. The number of anilines is 1. The van der Waals surface area contributed by atoms with Gasteiger partial charge < -0.3 is 5.32 Å². The molecule has 0 fully saturated rings. The van der Waals surface area contributed by atoms with Crippen molar-refractivity contribution in [3.05, 3.63) is 75.4 Å². The van der Waals surface area contributed by atoms with Crippen LogP contribution < -0.4 is 5.32 Å². The van der Waals surface area contributed by atoms with Crippen molar-refractivity contribution in [3.8, 4) is 0 Å². The van der Waals surface area contributed by atoms with Gasteiger partial charge in [-0.25, -0.2) is 0 Å². The molecular weight excluding hydrogens is 318 g/mol. The van der Waals surface area contributed by atoms with Crippen LogP contribution >= 0.6 is 11.6 Å². The average Bonchev–Trinajstić information content (AvgIpc) is 2.54. The highest BCUT2D eigenvalue weighted by Gasteiger charge is 2.20. The van der Waals surface area contributed by atoms with E-state index in [4.69, 9.17) is 11.6 Å². The number of aromatic nitrogens is 1. The summed E-state index contributed by atoms with van der Waals surface area (Å²) in [6.07, 6.45) is 1.50. The van der Waals surface area contributed by atoms with Crippen molar-refractivity contribution in [1.29, 1.82) is 0 Å². The number of nitro groups is 1. The first-order valence-electron chi connectivity index (χ1n) is 6.65. The van der Waals surface area contributed by atoms with Crippen molar-refractivity contribution in [2.45, 2.75) is 0 Å². The van der Waals surface area contributed by atoms with Crippen LogP contribution in [0.25, 0.3) is 10.9 Å². The van der Waals surface area contributed by atoms with E-state index in [2.05, 4.69) is 10.3 Å². The highest BCUT2D eigenvalue weighted by Crippen LogP contribution is 2.24. The lowest BCUT2D eigenvalue weighted by Gasteiger charge is -2.07. The summed E-state index contributed by atoms with van der Waals surface area (Å²) < 4.78 is 0. The van der Waals surface area contributed by atoms with Gasteiger partial charge in [0.1, 0.15) is 5.56 Å². The monoisotopic (exact) mass is 327 g/mol. The molecule has 0 spiro atoms. The number of hydrogen-bond acceptors (Lipinski definition) is 4. The average molecular weight is 328 g/mol. The van der Waals surface area contributed by atoms with Gasteiger partial charge in [-0.2, -0.15) is 0 Å². The Morgan fingerprint density at radius 3 is 2.74 bits per heavy atom. The summed E-state index contributed by atoms with van der Waals surface area (Å²) in [4.78, 5) is 27.0. The van der Waals surface area contributed by atoms with Crippen LogP contribution in [0, 0.1) is 10.1 Å². The molecule has 0 saturated heterocycles. The van der Waals surface area contributed by atoms with Crippen LogP contribution in [0.3, 0.4) is 0 Å². The summed E-state index contributed by atoms with van der Waals surface area (Å²) in [5, 5.41) is 14.7. The highest BCUT2D eigenvalue weighted by molar-refractivity contribution is 6.31. The van der Waals surface area contributed by atoms with E-state index in [0.717, 1.165) is 10.9 Å². The first-order chi connectivity index (χ1) is 11.0. The molecular formula is C16H10ClN3O3. The minimum atomic E-state index is -0.621. The Bertz CT molecular complexity index is 927. The van der Waals surface area contributed by atoms with Crippen LogP contribution in [-0.2, 0) is 0 Å². The van der Waals surface area contributed by atoms with E-state index in [1.165, 1.54) is 24.4 Å². The van der Waals surface area contributed by atoms with Crippen molar-refractivity contribution in [2.75, 3.05) is 5.32 Å². The van der Waals surface area contributed by atoms with Crippen LogP contribution in [0.5, 0.6) is 0 Å². The SMILES string of the molecule is O=C(Nc1cnc2ccccc2c1)c1cc(Cl)ccc1[N+](=O)[O-]. The van der Waals surface area contributed by atoms with E-state index < -0.39 is 10.8 Å². The molecule has 2 aromatic carbocycles. The van der Waals surface area contributed by atoms with E-state index in [1.54, 1.807) is 6.07 Å². The fraction of sp³-hybridized carbons (Fsp3) is 0. The molecule has 7 heteroatoms. The molecule has 0 aliphatic rings. The minimum absolute atomic E-state index is 0.101. The summed E-state index contributed by atoms with van der Waals surface area (Å²) in [5.74, 6) is -0.615. The number of nitrogens with one attached hydrogen (secondary N) is 1. The van der Waals surface area contributed by atoms with E-state index >= 15 is 0 Å². The van der Waals surface area contributed by atoms with Gasteiger partial charge in [0, 0.05) is 16.5 Å². The summed E-state index contributed by atoms with van der Waals surface area (Å²) in [6.45, 7) is 0. The quantitative estimate of drug-likeness (QED) is 0.581. The molecule has 0 saturated carbocycles. The van der Waals surface area contributed by atoms with Crippen molar-refractivity contribution >= 4 is 39.8 Å². The zero-order chi connectivity index (χ0) is 16.4. The molecule has 0 unspecified atom stereocenters. The topological polar surface area (TPSA) is 85.1 Å². The van der Waals surface area contributed by atoms with Crippen molar-refractivity contribution in [1.82, 2.24) is 4.98 Å². The van der Waals surface area contributed by atoms with Crippen molar-refractivity contribution < 1.29 is 9.72 Å². The fourth-order valence-corrected chi connectivity index (χ4v) is 2.36. The van der Waals surface area contributed by atoms with Crippen molar-refractivity contribution in [3.63, 3.8) is 0 Å². The number of halogens is 1. The van der Waals surface area contributed by atoms with Gasteiger partial charge in [-0.05, 0) is 24.3 Å².